The molecule has 1 aromatic rings. The monoisotopic (exact) mass is 245 g/mol. The van der Waals surface area contributed by atoms with Crippen molar-refractivity contribution in [2.45, 2.75) is 26.3 Å². The average Bonchev–Trinajstić information content (AvgIpc) is 1.98. The van der Waals surface area contributed by atoms with Crippen molar-refractivity contribution in [2.75, 3.05) is 0 Å². The van der Waals surface area contributed by atoms with Crippen LogP contribution in [0, 0.1) is 12.7 Å². The number of hydrogen-bond donors (Lipinski definition) is 1. The predicted molar refractivity (Wildman–Crippen MR) is 56.2 cm³/mol. The van der Waals surface area contributed by atoms with Crippen LogP contribution in [0.5, 0.6) is 0 Å². The molecular formula is C10H13BrFN. The van der Waals surface area contributed by atoms with E-state index in [0.29, 0.717) is 6.42 Å². The van der Waals surface area contributed by atoms with E-state index in [4.69, 9.17) is 5.73 Å². The normalized spacial score (nSPS) is 13.0. The van der Waals surface area contributed by atoms with Crippen molar-refractivity contribution in [2.24, 2.45) is 5.73 Å². The quantitative estimate of drug-likeness (QED) is 0.853. The van der Waals surface area contributed by atoms with Gasteiger partial charge in [0.05, 0.1) is 0 Å². The summed E-state index contributed by atoms with van der Waals surface area (Å²) in [6.45, 7) is 3.87. The van der Waals surface area contributed by atoms with Gasteiger partial charge in [-0.3, -0.25) is 0 Å². The highest BCUT2D eigenvalue weighted by molar-refractivity contribution is 9.10. The highest BCUT2D eigenvalue weighted by atomic mass is 79.9. The molecule has 2 N–H and O–H groups in total. The molecule has 0 fully saturated rings. The molecule has 0 saturated heterocycles. The molecule has 0 aliphatic heterocycles. The molecule has 0 aliphatic rings. The van der Waals surface area contributed by atoms with Crippen molar-refractivity contribution >= 4 is 15.9 Å². The van der Waals surface area contributed by atoms with E-state index in [0.717, 1.165) is 15.6 Å². The Kier molecular flexibility index (Phi) is 3.45. The molecule has 0 aliphatic carbocycles. The van der Waals surface area contributed by atoms with E-state index in [1.54, 1.807) is 6.07 Å². The molecular weight excluding hydrogens is 233 g/mol. The van der Waals surface area contributed by atoms with E-state index in [-0.39, 0.29) is 11.9 Å². The van der Waals surface area contributed by atoms with Gasteiger partial charge >= 0.3 is 0 Å². The molecule has 0 amide bonds. The SMILES string of the molecule is Cc1c(Br)cc(F)cc1CC(C)N. The molecule has 1 nitrogen and oxygen atoms in total. The Bertz CT molecular complexity index is 310. The van der Waals surface area contributed by atoms with Crippen LogP contribution in [0.4, 0.5) is 4.39 Å². The van der Waals surface area contributed by atoms with Crippen molar-refractivity contribution < 1.29 is 4.39 Å². The first-order valence-corrected chi connectivity index (χ1v) is 5.00. The van der Waals surface area contributed by atoms with Crippen LogP contribution in [-0.4, -0.2) is 6.04 Å². The second-order valence-corrected chi connectivity index (χ2v) is 4.21. The molecule has 0 radical (unpaired) electrons. The fourth-order valence-electron chi connectivity index (χ4n) is 1.26. The zero-order chi connectivity index (χ0) is 10.0. The van der Waals surface area contributed by atoms with Crippen LogP contribution in [0.15, 0.2) is 16.6 Å². The van der Waals surface area contributed by atoms with Crippen LogP contribution in [-0.2, 0) is 6.42 Å². The Balaban J connectivity index is 3.05. The molecule has 72 valence electrons. The maximum Gasteiger partial charge on any atom is 0.124 e. The minimum absolute atomic E-state index is 0.0624. The molecule has 1 atom stereocenters. The van der Waals surface area contributed by atoms with Crippen molar-refractivity contribution in [3.8, 4) is 0 Å². The van der Waals surface area contributed by atoms with E-state index in [9.17, 15) is 4.39 Å². The largest absolute Gasteiger partial charge is 0.328 e. The van der Waals surface area contributed by atoms with E-state index in [1.165, 1.54) is 6.07 Å². The van der Waals surface area contributed by atoms with Crippen LogP contribution >= 0.6 is 15.9 Å². The minimum Gasteiger partial charge on any atom is -0.328 e. The summed E-state index contributed by atoms with van der Waals surface area (Å²) in [6.07, 6.45) is 0.711. The molecule has 3 heteroatoms. The Hall–Kier alpha value is -0.410. The summed E-state index contributed by atoms with van der Waals surface area (Å²) in [6, 6.07) is 3.08. The highest BCUT2D eigenvalue weighted by Crippen LogP contribution is 2.22. The molecule has 0 spiro atoms. The average molecular weight is 246 g/mol. The maximum absolute atomic E-state index is 13.0. The van der Waals surface area contributed by atoms with E-state index >= 15 is 0 Å². The highest BCUT2D eigenvalue weighted by Gasteiger charge is 2.06. The predicted octanol–water partition coefficient (Wildman–Crippen LogP) is 2.79. The van der Waals surface area contributed by atoms with Gasteiger partial charge in [-0.25, -0.2) is 4.39 Å². The van der Waals surface area contributed by atoms with Gasteiger partial charge in [-0.1, -0.05) is 15.9 Å². The molecule has 1 aromatic carbocycles. The Morgan fingerprint density at radius 3 is 2.69 bits per heavy atom. The van der Waals surface area contributed by atoms with E-state index in [2.05, 4.69) is 15.9 Å². The third kappa shape index (κ3) is 2.78. The molecule has 0 saturated carbocycles. The first kappa shape index (κ1) is 10.7. The van der Waals surface area contributed by atoms with Gasteiger partial charge < -0.3 is 5.73 Å². The summed E-state index contributed by atoms with van der Waals surface area (Å²) < 4.78 is 13.8. The lowest BCUT2D eigenvalue weighted by molar-refractivity contribution is 0.620. The fraction of sp³-hybridized carbons (Fsp3) is 0.400. The second-order valence-electron chi connectivity index (χ2n) is 3.35. The van der Waals surface area contributed by atoms with Crippen LogP contribution in [0.1, 0.15) is 18.1 Å². The lowest BCUT2D eigenvalue weighted by Gasteiger charge is -2.10. The fourth-order valence-corrected chi connectivity index (χ4v) is 1.73. The number of hydrogen-bond acceptors (Lipinski definition) is 1. The summed E-state index contributed by atoms with van der Waals surface area (Å²) in [7, 11) is 0. The molecule has 1 rings (SSSR count). The van der Waals surface area contributed by atoms with E-state index < -0.39 is 0 Å². The van der Waals surface area contributed by atoms with Gasteiger partial charge in [0, 0.05) is 10.5 Å². The van der Waals surface area contributed by atoms with Crippen molar-refractivity contribution in [3.63, 3.8) is 0 Å². The van der Waals surface area contributed by atoms with Crippen LogP contribution in [0.25, 0.3) is 0 Å². The molecule has 13 heavy (non-hydrogen) atoms. The standard InChI is InChI=1S/C10H13BrFN/c1-6(13)3-8-4-9(12)5-10(11)7(8)2/h4-6H,3,13H2,1-2H3. The first-order valence-electron chi connectivity index (χ1n) is 4.21. The van der Waals surface area contributed by atoms with Crippen LogP contribution < -0.4 is 5.73 Å². The van der Waals surface area contributed by atoms with Gasteiger partial charge in [-0.05, 0) is 43.5 Å². The number of halogens is 2. The van der Waals surface area contributed by atoms with Gasteiger partial charge in [-0.15, -0.1) is 0 Å². The summed E-state index contributed by atoms with van der Waals surface area (Å²) in [5.41, 5.74) is 7.70. The van der Waals surface area contributed by atoms with E-state index in [1.807, 2.05) is 13.8 Å². The van der Waals surface area contributed by atoms with Crippen molar-refractivity contribution in [3.05, 3.63) is 33.5 Å². The molecule has 0 bridgehead atoms. The Labute approximate surface area is 86.3 Å². The lowest BCUT2D eigenvalue weighted by atomic mass is 10.0. The summed E-state index contributed by atoms with van der Waals surface area (Å²) in [5, 5.41) is 0. The Morgan fingerprint density at radius 1 is 1.54 bits per heavy atom. The zero-order valence-corrected chi connectivity index (χ0v) is 9.36. The van der Waals surface area contributed by atoms with Gasteiger partial charge in [0.2, 0.25) is 0 Å². The number of benzene rings is 1. The number of rotatable bonds is 2. The maximum atomic E-state index is 13.0. The van der Waals surface area contributed by atoms with Crippen LogP contribution in [0.2, 0.25) is 0 Å². The third-order valence-corrected chi connectivity index (χ3v) is 2.78. The Morgan fingerprint density at radius 2 is 2.15 bits per heavy atom. The second kappa shape index (κ2) is 4.20. The summed E-state index contributed by atoms with van der Waals surface area (Å²) in [4.78, 5) is 0. The smallest absolute Gasteiger partial charge is 0.124 e. The minimum atomic E-state index is -0.215. The molecule has 1 unspecified atom stereocenters. The first-order chi connectivity index (χ1) is 6.00. The van der Waals surface area contributed by atoms with Crippen LogP contribution in [0.3, 0.4) is 0 Å². The topological polar surface area (TPSA) is 26.0 Å². The van der Waals surface area contributed by atoms with Gasteiger partial charge in [0.25, 0.3) is 0 Å². The van der Waals surface area contributed by atoms with Crippen molar-refractivity contribution in [1.82, 2.24) is 0 Å². The van der Waals surface area contributed by atoms with Gasteiger partial charge in [0.15, 0.2) is 0 Å². The van der Waals surface area contributed by atoms with Gasteiger partial charge in [-0.2, -0.15) is 0 Å². The summed E-state index contributed by atoms with van der Waals surface area (Å²) in [5.74, 6) is -0.215. The molecule has 0 heterocycles. The zero-order valence-electron chi connectivity index (χ0n) is 7.77. The molecule has 0 aromatic heterocycles. The summed E-state index contributed by atoms with van der Waals surface area (Å²) >= 11 is 3.31. The number of nitrogens with two attached hydrogens (primary N) is 1. The van der Waals surface area contributed by atoms with Gasteiger partial charge in [0.1, 0.15) is 5.82 Å². The lowest BCUT2D eigenvalue weighted by Crippen LogP contribution is -2.18. The van der Waals surface area contributed by atoms with Crippen molar-refractivity contribution in [1.29, 1.82) is 0 Å². The third-order valence-electron chi connectivity index (χ3n) is 1.96.